The fraction of sp³-hybridized carbons (Fsp3) is 0.286. The highest BCUT2D eigenvalue weighted by Gasteiger charge is 2.32. The van der Waals surface area contributed by atoms with Crippen LogP contribution >= 0.6 is 0 Å². The number of rotatable bonds is 5. The van der Waals surface area contributed by atoms with E-state index in [1.54, 1.807) is 0 Å². The third kappa shape index (κ3) is 3.48. The molecule has 2 heterocycles. The molecule has 1 atom stereocenters. The van der Waals surface area contributed by atoms with E-state index in [9.17, 15) is 14.7 Å². The molecule has 1 N–H and O–H groups in total. The van der Waals surface area contributed by atoms with Gasteiger partial charge in [0.25, 0.3) is 0 Å². The number of imidazole rings is 1. The molecule has 0 aliphatic carbocycles. The summed E-state index contributed by atoms with van der Waals surface area (Å²) in [6.45, 7) is 0.687. The molecule has 28 heavy (non-hydrogen) atoms. The number of hydrogen-bond acceptors (Lipinski definition) is 4. The van der Waals surface area contributed by atoms with Crippen LogP contribution in [0.1, 0.15) is 12.2 Å². The highest BCUT2D eigenvalue weighted by atomic mass is 16.5. The van der Waals surface area contributed by atoms with Gasteiger partial charge in [0.1, 0.15) is 5.82 Å². The summed E-state index contributed by atoms with van der Waals surface area (Å²) in [6, 6.07) is 16.8. The van der Waals surface area contributed by atoms with Crippen molar-refractivity contribution in [1.82, 2.24) is 14.5 Å². The summed E-state index contributed by atoms with van der Waals surface area (Å²) in [5.74, 6) is -0.451. The van der Waals surface area contributed by atoms with Gasteiger partial charge in [-0.05, 0) is 24.3 Å². The number of benzene rings is 2. The van der Waals surface area contributed by atoms with E-state index in [0.717, 1.165) is 22.5 Å². The van der Waals surface area contributed by atoms with Crippen molar-refractivity contribution in [2.45, 2.75) is 18.9 Å². The maximum Gasteiger partial charge on any atom is 0.328 e. The van der Waals surface area contributed by atoms with E-state index in [1.807, 2.05) is 54.6 Å². The molecule has 1 aromatic heterocycles. The maximum atomic E-state index is 12.7. The fourth-order valence-corrected chi connectivity index (χ4v) is 3.58. The number of aryl methyl sites for hydroxylation is 1. The van der Waals surface area contributed by atoms with Gasteiger partial charge in [-0.1, -0.05) is 30.3 Å². The number of carboxylic acid groups (broad SMARTS) is 1. The van der Waals surface area contributed by atoms with E-state index in [2.05, 4.69) is 4.57 Å². The number of carbonyl (C=O) groups excluding carboxylic acids is 1. The predicted molar refractivity (Wildman–Crippen MR) is 103 cm³/mol. The maximum absolute atomic E-state index is 12.7. The molecule has 0 bridgehead atoms. The minimum atomic E-state index is -1.04. The van der Waals surface area contributed by atoms with Gasteiger partial charge < -0.3 is 14.7 Å². The van der Waals surface area contributed by atoms with E-state index in [1.165, 1.54) is 4.90 Å². The molecule has 144 valence electrons. The lowest BCUT2D eigenvalue weighted by Gasteiger charge is -2.32. The molecule has 1 saturated heterocycles. The SMILES string of the molecule is O=C(O)C1COCCN1C(=O)CCc1nc2ccccc2n1-c1ccccc1. The second-order valence-corrected chi connectivity index (χ2v) is 6.70. The van der Waals surface area contributed by atoms with Crippen molar-refractivity contribution in [3.63, 3.8) is 0 Å². The molecule has 0 spiro atoms. The quantitative estimate of drug-likeness (QED) is 0.735. The number of aromatic nitrogens is 2. The van der Waals surface area contributed by atoms with Gasteiger partial charge in [0.05, 0.1) is 24.2 Å². The first kappa shape index (κ1) is 18.2. The lowest BCUT2D eigenvalue weighted by Crippen LogP contribution is -2.52. The molecule has 2 aromatic carbocycles. The third-order valence-corrected chi connectivity index (χ3v) is 4.94. The van der Waals surface area contributed by atoms with Crippen molar-refractivity contribution >= 4 is 22.9 Å². The number of para-hydroxylation sites is 3. The number of aliphatic carboxylic acids is 1. The van der Waals surface area contributed by atoms with Crippen LogP contribution in [0.4, 0.5) is 0 Å². The highest BCUT2D eigenvalue weighted by Crippen LogP contribution is 2.22. The second-order valence-electron chi connectivity index (χ2n) is 6.70. The number of carboxylic acids is 1. The number of morpholine rings is 1. The van der Waals surface area contributed by atoms with Crippen LogP contribution in [-0.4, -0.2) is 57.2 Å². The van der Waals surface area contributed by atoms with Crippen molar-refractivity contribution in [3.05, 3.63) is 60.4 Å². The summed E-state index contributed by atoms with van der Waals surface area (Å²) in [7, 11) is 0. The Morgan fingerprint density at radius 2 is 1.86 bits per heavy atom. The number of fused-ring (bicyclic) bond motifs is 1. The van der Waals surface area contributed by atoms with Crippen LogP contribution in [0, 0.1) is 0 Å². The largest absolute Gasteiger partial charge is 0.480 e. The van der Waals surface area contributed by atoms with E-state index in [-0.39, 0.29) is 18.9 Å². The molecule has 1 unspecified atom stereocenters. The lowest BCUT2D eigenvalue weighted by atomic mass is 10.2. The zero-order valence-corrected chi connectivity index (χ0v) is 15.3. The van der Waals surface area contributed by atoms with Crippen LogP contribution in [0.3, 0.4) is 0 Å². The molecule has 0 radical (unpaired) electrons. The third-order valence-electron chi connectivity index (χ3n) is 4.94. The molecule has 7 nitrogen and oxygen atoms in total. The molecule has 3 aromatic rings. The topological polar surface area (TPSA) is 84.7 Å². The van der Waals surface area contributed by atoms with Gasteiger partial charge in [0, 0.05) is 25.1 Å². The van der Waals surface area contributed by atoms with Gasteiger partial charge >= 0.3 is 5.97 Å². The van der Waals surface area contributed by atoms with Crippen molar-refractivity contribution in [2.24, 2.45) is 0 Å². The van der Waals surface area contributed by atoms with Crippen molar-refractivity contribution in [3.8, 4) is 5.69 Å². The molecule has 0 saturated carbocycles. The lowest BCUT2D eigenvalue weighted by molar-refractivity contribution is -0.158. The smallest absolute Gasteiger partial charge is 0.328 e. The van der Waals surface area contributed by atoms with Gasteiger partial charge in [0.15, 0.2) is 6.04 Å². The number of carbonyl (C=O) groups is 2. The average molecular weight is 379 g/mol. The first-order chi connectivity index (χ1) is 13.6. The summed E-state index contributed by atoms with van der Waals surface area (Å²) >= 11 is 0. The van der Waals surface area contributed by atoms with Crippen LogP contribution < -0.4 is 0 Å². The molecular weight excluding hydrogens is 358 g/mol. The minimum absolute atomic E-state index is 0.0314. The van der Waals surface area contributed by atoms with Crippen LogP contribution in [-0.2, 0) is 20.7 Å². The van der Waals surface area contributed by atoms with E-state index < -0.39 is 12.0 Å². The van der Waals surface area contributed by atoms with Crippen LogP contribution in [0.25, 0.3) is 16.7 Å². The van der Waals surface area contributed by atoms with Crippen LogP contribution in [0.15, 0.2) is 54.6 Å². The number of amides is 1. The molecular formula is C21H21N3O4. The number of hydrogen-bond donors (Lipinski definition) is 1. The first-order valence-electron chi connectivity index (χ1n) is 9.27. The Morgan fingerprint density at radius 3 is 2.64 bits per heavy atom. The average Bonchev–Trinajstić information content (AvgIpc) is 3.11. The molecule has 1 amide bonds. The fourth-order valence-electron chi connectivity index (χ4n) is 3.58. The monoisotopic (exact) mass is 379 g/mol. The van der Waals surface area contributed by atoms with Gasteiger partial charge in [-0.25, -0.2) is 9.78 Å². The Morgan fingerprint density at radius 1 is 1.11 bits per heavy atom. The van der Waals surface area contributed by atoms with Gasteiger partial charge in [-0.3, -0.25) is 9.36 Å². The van der Waals surface area contributed by atoms with Crippen molar-refractivity contribution in [2.75, 3.05) is 19.8 Å². The van der Waals surface area contributed by atoms with Crippen LogP contribution in [0.2, 0.25) is 0 Å². The Bertz CT molecular complexity index is 999. The van der Waals surface area contributed by atoms with Gasteiger partial charge in [0.2, 0.25) is 5.91 Å². The minimum Gasteiger partial charge on any atom is -0.480 e. The molecule has 1 aliphatic heterocycles. The number of ether oxygens (including phenoxy) is 1. The summed E-state index contributed by atoms with van der Waals surface area (Å²) in [5, 5.41) is 9.34. The first-order valence-corrected chi connectivity index (χ1v) is 9.27. The molecule has 4 rings (SSSR count). The van der Waals surface area contributed by atoms with Gasteiger partial charge in [-0.15, -0.1) is 0 Å². The molecule has 7 heteroatoms. The second kappa shape index (κ2) is 7.82. The zero-order chi connectivity index (χ0) is 19.5. The Labute approximate surface area is 162 Å². The molecule has 1 aliphatic rings. The Balaban J connectivity index is 1.60. The summed E-state index contributed by atoms with van der Waals surface area (Å²) < 4.78 is 7.26. The van der Waals surface area contributed by atoms with Crippen molar-refractivity contribution in [1.29, 1.82) is 0 Å². The zero-order valence-electron chi connectivity index (χ0n) is 15.3. The summed E-state index contributed by atoms with van der Waals surface area (Å²) in [5.41, 5.74) is 2.82. The number of nitrogens with zero attached hydrogens (tertiary/aromatic N) is 3. The normalized spacial score (nSPS) is 17.0. The summed E-state index contributed by atoms with van der Waals surface area (Å²) in [4.78, 5) is 30.2. The standard InChI is InChI=1S/C21H21N3O4/c25-20(23-12-13-28-14-18(23)21(26)27)11-10-19-22-16-8-4-5-9-17(16)24(19)15-6-2-1-3-7-15/h1-9,18H,10-14H2,(H,26,27). The highest BCUT2D eigenvalue weighted by molar-refractivity contribution is 5.84. The Hall–Kier alpha value is -3.19. The molecule has 1 fully saturated rings. The Kier molecular flexibility index (Phi) is 5.08. The van der Waals surface area contributed by atoms with Gasteiger partial charge in [-0.2, -0.15) is 0 Å². The predicted octanol–water partition coefficient (Wildman–Crippen LogP) is 2.27. The van der Waals surface area contributed by atoms with Crippen molar-refractivity contribution < 1.29 is 19.4 Å². The van der Waals surface area contributed by atoms with E-state index >= 15 is 0 Å². The summed E-state index contributed by atoms with van der Waals surface area (Å²) in [6.07, 6.45) is 0.617. The van der Waals surface area contributed by atoms with Crippen LogP contribution in [0.5, 0.6) is 0 Å². The van der Waals surface area contributed by atoms with E-state index in [4.69, 9.17) is 9.72 Å². The van der Waals surface area contributed by atoms with E-state index in [0.29, 0.717) is 19.6 Å².